The van der Waals surface area contributed by atoms with Gasteiger partial charge in [0.15, 0.2) is 17.4 Å². The van der Waals surface area contributed by atoms with E-state index in [1.54, 1.807) is 6.33 Å². The van der Waals surface area contributed by atoms with Crippen molar-refractivity contribution in [3.8, 4) is 33.8 Å². The van der Waals surface area contributed by atoms with Gasteiger partial charge in [0.1, 0.15) is 5.82 Å². The summed E-state index contributed by atoms with van der Waals surface area (Å²) in [5.41, 5.74) is 11.9. The number of fused-ring (bicyclic) bond motifs is 4. The van der Waals surface area contributed by atoms with E-state index in [2.05, 4.69) is 157 Å². The monoisotopic (exact) mass is 932 g/mol. The summed E-state index contributed by atoms with van der Waals surface area (Å²) in [4.78, 5) is 7.18. The third-order valence-corrected chi connectivity index (χ3v) is 10.8. The molecule has 7 aromatic carbocycles. The zero-order valence-corrected chi connectivity index (χ0v) is 34.2. The summed E-state index contributed by atoms with van der Waals surface area (Å²) in [5.74, 6) is 1.16. The van der Waals surface area contributed by atoms with E-state index in [0.717, 1.165) is 72.5 Å². The van der Waals surface area contributed by atoms with Crippen LogP contribution in [0.1, 0.15) is 29.4 Å². The summed E-state index contributed by atoms with van der Waals surface area (Å²) in [7, 11) is 0. The number of anilines is 3. The molecule has 0 aliphatic heterocycles. The number of hydrogen-bond donors (Lipinski definition) is 0. The Morgan fingerprint density at radius 1 is 0.621 bits per heavy atom. The first kappa shape index (κ1) is 33.6. The molecule has 5 nitrogen and oxygen atoms in total. The molecule has 0 radical (unpaired) electrons. The van der Waals surface area contributed by atoms with Crippen LogP contribution in [0.5, 0.6) is 0 Å². The van der Waals surface area contributed by atoms with Gasteiger partial charge in [-0.15, -0.1) is 29.7 Å². The first-order valence-corrected chi connectivity index (χ1v) is 19.3. The zero-order valence-electron chi connectivity index (χ0n) is 35.0. The van der Waals surface area contributed by atoms with E-state index in [0.29, 0.717) is 17.1 Å². The Bertz CT molecular complexity index is 3130. The van der Waals surface area contributed by atoms with Crippen molar-refractivity contribution in [1.29, 1.82) is 0 Å². The molecule has 0 saturated carbocycles. The average molecular weight is 933 g/mol. The Kier molecular flexibility index (Phi) is 8.92. The molecule has 0 bridgehead atoms. The van der Waals surface area contributed by atoms with Gasteiger partial charge in [-0.1, -0.05) is 134 Å². The van der Waals surface area contributed by atoms with Crippen LogP contribution >= 0.6 is 0 Å². The maximum atomic E-state index is 8.35. The van der Waals surface area contributed by atoms with Crippen LogP contribution in [0.25, 0.3) is 66.6 Å². The molecule has 0 aliphatic carbocycles. The molecule has 0 aliphatic rings. The van der Waals surface area contributed by atoms with Gasteiger partial charge in [-0.25, -0.2) is 14.1 Å². The van der Waals surface area contributed by atoms with Crippen LogP contribution < -0.4 is 4.90 Å². The topological polar surface area (TPSA) is 30.9 Å². The largest absolute Gasteiger partial charge is 0.357 e. The number of aryl methyl sites for hydroxylation is 1. The van der Waals surface area contributed by atoms with Crippen molar-refractivity contribution in [3.05, 3.63) is 200 Å². The van der Waals surface area contributed by atoms with Gasteiger partial charge in [0.25, 0.3) is 0 Å². The first-order chi connectivity index (χ1) is 29.2. The van der Waals surface area contributed by atoms with E-state index in [-0.39, 0.29) is 21.1 Å². The number of hydrogen-bond acceptors (Lipinski definition) is 2. The molecule has 0 N–H and O–H groups in total. The molecule has 0 amide bonds. The Morgan fingerprint density at radius 2 is 1.26 bits per heavy atom. The van der Waals surface area contributed by atoms with Crippen molar-refractivity contribution < 1.29 is 25.2 Å². The third-order valence-electron chi connectivity index (χ3n) is 10.8. The molecule has 0 saturated heterocycles. The third kappa shape index (κ3) is 6.42. The second kappa shape index (κ2) is 15.4. The molecule has 0 atom stereocenters. The van der Waals surface area contributed by atoms with Crippen LogP contribution in [0.15, 0.2) is 182 Å². The van der Waals surface area contributed by atoms with Gasteiger partial charge >= 0.3 is 0 Å². The van der Waals surface area contributed by atoms with Crippen molar-refractivity contribution in [1.82, 2.24) is 18.7 Å². The minimum absolute atomic E-state index is 0. The first-order valence-electron chi connectivity index (χ1n) is 20.8. The minimum atomic E-state index is -2.37. The Hall–Kier alpha value is -6.55. The quantitative estimate of drug-likeness (QED) is 0.142. The molecule has 284 valence electrons. The molecule has 6 heteroatoms. The van der Waals surface area contributed by atoms with Crippen LogP contribution in [-0.4, -0.2) is 18.7 Å². The summed E-state index contributed by atoms with van der Waals surface area (Å²) in [5, 5.41) is 2.18. The molecular formula is C52H40N5Pt-. The van der Waals surface area contributed by atoms with E-state index in [1.807, 2.05) is 59.3 Å². The summed E-state index contributed by atoms with van der Waals surface area (Å²) >= 11 is 0. The molecule has 10 rings (SSSR count). The van der Waals surface area contributed by atoms with Gasteiger partial charge in [0.05, 0.1) is 5.69 Å². The van der Waals surface area contributed by atoms with Crippen molar-refractivity contribution in [3.63, 3.8) is 0 Å². The summed E-state index contributed by atoms with van der Waals surface area (Å²) in [6.07, 6.45) is 3.55. The van der Waals surface area contributed by atoms with Crippen LogP contribution in [0.4, 0.5) is 17.1 Å². The second-order valence-electron chi connectivity index (χ2n) is 14.6. The molecule has 3 heterocycles. The van der Waals surface area contributed by atoms with E-state index >= 15 is 0 Å². The van der Waals surface area contributed by atoms with Crippen molar-refractivity contribution in [2.45, 2.75) is 19.8 Å². The van der Waals surface area contributed by atoms with Crippen molar-refractivity contribution >= 4 is 49.9 Å². The average Bonchev–Trinajstić information content (AvgIpc) is 3.84. The number of rotatable bonds is 8. The Labute approximate surface area is 357 Å². The fraction of sp³-hybridized carbons (Fsp3) is 0.0769. The minimum Gasteiger partial charge on any atom is -0.357 e. The molecule has 3 aromatic heterocycles. The van der Waals surface area contributed by atoms with Gasteiger partial charge in [0, 0.05) is 72.8 Å². The molecule has 58 heavy (non-hydrogen) atoms. The predicted molar refractivity (Wildman–Crippen MR) is 236 cm³/mol. The van der Waals surface area contributed by atoms with E-state index in [4.69, 9.17) is 9.10 Å². The summed E-state index contributed by atoms with van der Waals surface area (Å²) in [6, 6.07) is 65.7. The number of benzene rings is 7. The van der Waals surface area contributed by atoms with Crippen LogP contribution in [0.3, 0.4) is 0 Å². The number of para-hydroxylation sites is 4. The van der Waals surface area contributed by atoms with Gasteiger partial charge in [-0.2, -0.15) is 12.1 Å². The predicted octanol–water partition coefficient (Wildman–Crippen LogP) is 13.3. The van der Waals surface area contributed by atoms with Crippen molar-refractivity contribution in [2.24, 2.45) is 6.98 Å². The number of pyridine rings is 1. The maximum Gasteiger partial charge on any atom is 0.188 e. The second-order valence-corrected chi connectivity index (χ2v) is 14.6. The van der Waals surface area contributed by atoms with E-state index in [9.17, 15) is 0 Å². The number of aromatic nitrogens is 4. The molecule has 10 aromatic rings. The fourth-order valence-electron chi connectivity index (χ4n) is 8.04. The van der Waals surface area contributed by atoms with E-state index < -0.39 is 6.98 Å². The SMILES string of the molecule is [2H]C([2H])([2H])n1[cH+]n(-c2[c-]c(N(c3[c-]c4c(cc3)c3ccccc3n4-c3cc(C(C)C)ccn3)c3c(-c4ccccc4)cccc3-c3ccccc3)ccc2)c2ccccc21.[Pt]. The van der Waals surface area contributed by atoms with Gasteiger partial charge in [0.2, 0.25) is 0 Å². The number of nitrogens with zero attached hydrogens (tertiary/aromatic N) is 5. The standard InChI is InChI=1S/C52H40N5.Pt/c1-36(2)39-30-31-53-51(32-39)57-47-25-11-10-22-45(47)46-29-28-42(34-50(46)57)56(41-21-14-20-40(33-41)55-35-54(3)48-26-12-13-27-49(48)55)52-43(37-16-6-4-7-17-37)23-15-24-44(52)38-18-8-5-9-19-38;/h4-32,35-36H,1-3H3;/q-1;/i3D3;. The Morgan fingerprint density at radius 3 is 1.97 bits per heavy atom. The van der Waals surface area contributed by atoms with E-state index in [1.165, 1.54) is 10.1 Å². The van der Waals surface area contributed by atoms with Crippen LogP contribution in [0, 0.1) is 12.1 Å². The van der Waals surface area contributed by atoms with Crippen molar-refractivity contribution in [2.75, 3.05) is 4.90 Å². The smallest absolute Gasteiger partial charge is 0.188 e. The van der Waals surface area contributed by atoms with Gasteiger partial charge in [-0.3, -0.25) is 0 Å². The maximum absolute atomic E-state index is 8.35. The van der Waals surface area contributed by atoms with Gasteiger partial charge in [-0.05, 0) is 58.3 Å². The Balaban J connectivity index is 0.00000476. The molecule has 0 spiro atoms. The summed E-state index contributed by atoms with van der Waals surface area (Å²) in [6.45, 7) is 2.02. The summed E-state index contributed by atoms with van der Waals surface area (Å²) < 4.78 is 30.5. The van der Waals surface area contributed by atoms with Gasteiger partial charge < -0.3 is 9.47 Å². The van der Waals surface area contributed by atoms with Crippen LogP contribution in [-0.2, 0) is 28.0 Å². The fourth-order valence-corrected chi connectivity index (χ4v) is 8.04. The number of imidazole rings is 1. The molecular weight excluding hydrogens is 890 g/mol. The molecule has 0 fully saturated rings. The zero-order chi connectivity index (χ0) is 41.0. The van der Waals surface area contributed by atoms with Crippen LogP contribution in [0.2, 0.25) is 0 Å². The molecule has 0 unspecified atom stereocenters. The normalized spacial score (nSPS) is 12.4.